The number of hydrogen-bond acceptors (Lipinski definition) is 3. The van der Waals surface area contributed by atoms with Gasteiger partial charge in [0.25, 0.3) is 5.91 Å². The van der Waals surface area contributed by atoms with E-state index in [1.165, 1.54) is 0 Å². The van der Waals surface area contributed by atoms with E-state index < -0.39 is 18.0 Å². The summed E-state index contributed by atoms with van der Waals surface area (Å²) in [5.41, 5.74) is 5.99. The van der Waals surface area contributed by atoms with E-state index in [2.05, 4.69) is 6.58 Å². The second kappa shape index (κ2) is 5.57. The molecule has 1 amide bonds. The fourth-order valence-corrected chi connectivity index (χ4v) is 1.98. The van der Waals surface area contributed by atoms with E-state index in [4.69, 9.17) is 10.5 Å². The Morgan fingerprint density at radius 3 is 2.45 bits per heavy atom. The topological polar surface area (TPSA) is 69.4 Å². The van der Waals surface area contributed by atoms with Crippen molar-refractivity contribution in [2.45, 2.75) is 13.0 Å². The molecule has 0 unspecified atom stereocenters. The first-order valence-electron chi connectivity index (χ1n) is 6.14. The summed E-state index contributed by atoms with van der Waals surface area (Å²) in [5, 5.41) is 1.69. The highest BCUT2D eigenvalue weighted by molar-refractivity contribution is 6.05. The van der Waals surface area contributed by atoms with Crippen molar-refractivity contribution < 1.29 is 14.3 Å². The molecule has 0 radical (unpaired) electrons. The number of hydrogen-bond donors (Lipinski definition) is 1. The predicted octanol–water partition coefficient (Wildman–Crippen LogP) is 2.43. The van der Waals surface area contributed by atoms with Crippen LogP contribution in [0.1, 0.15) is 17.3 Å². The number of carbonyl (C=O) groups excluding carboxylic acids is 2. The van der Waals surface area contributed by atoms with Gasteiger partial charge in [-0.1, -0.05) is 43.0 Å². The van der Waals surface area contributed by atoms with Gasteiger partial charge in [-0.05, 0) is 29.3 Å². The quantitative estimate of drug-likeness (QED) is 0.684. The van der Waals surface area contributed by atoms with Gasteiger partial charge in [0.15, 0.2) is 0 Å². The minimum atomic E-state index is -1.11. The number of primary amides is 1. The molecule has 0 fully saturated rings. The molecule has 2 aromatic carbocycles. The zero-order valence-corrected chi connectivity index (χ0v) is 11.1. The number of rotatable bonds is 4. The van der Waals surface area contributed by atoms with Crippen LogP contribution >= 0.6 is 0 Å². The van der Waals surface area contributed by atoms with E-state index >= 15 is 0 Å². The Bertz CT molecular complexity index is 672. The first kappa shape index (κ1) is 13.8. The van der Waals surface area contributed by atoms with Gasteiger partial charge in [-0.25, -0.2) is 4.79 Å². The van der Waals surface area contributed by atoms with Gasteiger partial charge in [0.05, 0.1) is 5.56 Å². The highest BCUT2D eigenvalue weighted by atomic mass is 16.5. The number of esters is 1. The Balaban J connectivity index is 2.37. The Labute approximate surface area is 116 Å². The highest BCUT2D eigenvalue weighted by Gasteiger charge is 2.22. The molecular weight excluding hydrogens is 254 g/mol. The molecule has 0 saturated heterocycles. The van der Waals surface area contributed by atoms with Gasteiger partial charge in [0, 0.05) is 0 Å². The van der Waals surface area contributed by atoms with E-state index in [0.29, 0.717) is 11.1 Å². The Morgan fingerprint density at radius 1 is 1.15 bits per heavy atom. The lowest BCUT2D eigenvalue weighted by molar-refractivity contribution is -0.124. The van der Waals surface area contributed by atoms with Crippen molar-refractivity contribution in [1.82, 2.24) is 0 Å². The lowest BCUT2D eigenvalue weighted by atomic mass is 10.0. The van der Waals surface area contributed by atoms with Crippen LogP contribution in [0, 0.1) is 0 Å². The van der Waals surface area contributed by atoms with Crippen LogP contribution in [-0.4, -0.2) is 18.0 Å². The summed E-state index contributed by atoms with van der Waals surface area (Å²) in [5.74, 6) is -1.32. The monoisotopic (exact) mass is 269 g/mol. The molecular formula is C16H15NO3. The van der Waals surface area contributed by atoms with Crippen molar-refractivity contribution in [3.05, 3.63) is 60.2 Å². The van der Waals surface area contributed by atoms with Crippen LogP contribution in [0.2, 0.25) is 0 Å². The van der Waals surface area contributed by atoms with Crippen molar-refractivity contribution >= 4 is 22.6 Å². The van der Waals surface area contributed by atoms with Crippen molar-refractivity contribution in [3.63, 3.8) is 0 Å². The third-order valence-electron chi connectivity index (χ3n) is 2.94. The molecule has 0 aliphatic carbocycles. The fourth-order valence-electron chi connectivity index (χ4n) is 1.98. The number of amides is 1. The number of ether oxygens (including phenoxy) is 1. The Morgan fingerprint density at radius 2 is 1.80 bits per heavy atom. The summed E-state index contributed by atoms with van der Waals surface area (Å²) >= 11 is 0. The number of benzene rings is 2. The molecule has 102 valence electrons. The van der Waals surface area contributed by atoms with E-state index in [1.807, 2.05) is 30.3 Å². The van der Waals surface area contributed by atoms with Gasteiger partial charge < -0.3 is 10.5 Å². The lowest BCUT2D eigenvalue weighted by Gasteiger charge is -2.15. The van der Waals surface area contributed by atoms with Crippen molar-refractivity contribution in [2.24, 2.45) is 5.73 Å². The molecule has 4 heteroatoms. The first-order chi connectivity index (χ1) is 9.50. The molecule has 2 N–H and O–H groups in total. The van der Waals surface area contributed by atoms with Crippen LogP contribution < -0.4 is 5.73 Å². The molecule has 2 aromatic rings. The standard InChI is InChI=1S/C16H15NO3/c1-10(2)14(15(17)18)20-16(19)13-9-5-7-11-6-3-4-8-12(11)13/h3-9,14H,1H2,2H3,(H2,17,18)/t14-/m1/s1. The second-order valence-corrected chi connectivity index (χ2v) is 4.56. The average molecular weight is 269 g/mol. The summed E-state index contributed by atoms with van der Waals surface area (Å²) in [6, 6.07) is 12.8. The molecule has 0 aliphatic heterocycles. The number of nitrogens with two attached hydrogens (primary N) is 1. The molecule has 20 heavy (non-hydrogen) atoms. The molecule has 1 atom stereocenters. The van der Waals surface area contributed by atoms with E-state index in [-0.39, 0.29) is 0 Å². The smallest absolute Gasteiger partial charge is 0.339 e. The van der Waals surface area contributed by atoms with E-state index in [1.54, 1.807) is 19.1 Å². The van der Waals surface area contributed by atoms with Gasteiger partial charge in [0.1, 0.15) is 0 Å². The highest BCUT2D eigenvalue weighted by Crippen LogP contribution is 2.20. The minimum Gasteiger partial charge on any atom is -0.444 e. The van der Waals surface area contributed by atoms with Gasteiger partial charge in [0.2, 0.25) is 6.10 Å². The summed E-state index contributed by atoms with van der Waals surface area (Å²) in [6.45, 7) is 5.20. The van der Waals surface area contributed by atoms with E-state index in [9.17, 15) is 9.59 Å². The molecule has 0 bridgehead atoms. The summed E-state index contributed by atoms with van der Waals surface area (Å²) in [4.78, 5) is 23.5. The Kier molecular flexibility index (Phi) is 3.84. The summed E-state index contributed by atoms with van der Waals surface area (Å²) in [6.07, 6.45) is -1.11. The van der Waals surface area contributed by atoms with Crippen LogP contribution in [0.25, 0.3) is 10.8 Å². The minimum absolute atomic E-state index is 0.395. The van der Waals surface area contributed by atoms with Crippen LogP contribution in [-0.2, 0) is 9.53 Å². The summed E-state index contributed by atoms with van der Waals surface area (Å²) in [7, 11) is 0. The van der Waals surface area contributed by atoms with Crippen LogP contribution in [0.3, 0.4) is 0 Å². The van der Waals surface area contributed by atoms with E-state index in [0.717, 1.165) is 10.8 Å². The first-order valence-corrected chi connectivity index (χ1v) is 6.14. The van der Waals surface area contributed by atoms with Crippen LogP contribution in [0.15, 0.2) is 54.6 Å². The van der Waals surface area contributed by atoms with Gasteiger partial charge in [-0.3, -0.25) is 4.79 Å². The fraction of sp³-hybridized carbons (Fsp3) is 0.125. The maximum absolute atomic E-state index is 12.2. The molecule has 0 heterocycles. The third kappa shape index (κ3) is 2.69. The van der Waals surface area contributed by atoms with Gasteiger partial charge in [-0.15, -0.1) is 0 Å². The predicted molar refractivity (Wildman–Crippen MR) is 77.2 cm³/mol. The third-order valence-corrected chi connectivity index (χ3v) is 2.94. The van der Waals surface area contributed by atoms with Gasteiger partial charge >= 0.3 is 5.97 Å². The van der Waals surface area contributed by atoms with Gasteiger partial charge in [-0.2, -0.15) is 0 Å². The van der Waals surface area contributed by atoms with Crippen molar-refractivity contribution in [1.29, 1.82) is 0 Å². The van der Waals surface area contributed by atoms with Crippen LogP contribution in [0.5, 0.6) is 0 Å². The average Bonchev–Trinajstić information content (AvgIpc) is 2.43. The Hall–Kier alpha value is -2.62. The molecule has 4 nitrogen and oxygen atoms in total. The molecule has 0 spiro atoms. The molecule has 0 aromatic heterocycles. The SMILES string of the molecule is C=C(C)[C@@H](OC(=O)c1cccc2ccccc12)C(N)=O. The van der Waals surface area contributed by atoms with Crippen LogP contribution in [0.4, 0.5) is 0 Å². The molecule has 0 saturated carbocycles. The maximum Gasteiger partial charge on any atom is 0.339 e. The van der Waals surface area contributed by atoms with Crippen molar-refractivity contribution in [3.8, 4) is 0 Å². The number of fused-ring (bicyclic) bond motifs is 1. The lowest BCUT2D eigenvalue weighted by Crippen LogP contribution is -2.33. The molecule has 0 aliphatic rings. The zero-order chi connectivity index (χ0) is 14.7. The summed E-state index contributed by atoms with van der Waals surface area (Å²) < 4.78 is 5.15. The van der Waals surface area contributed by atoms with Crippen molar-refractivity contribution in [2.75, 3.05) is 0 Å². The largest absolute Gasteiger partial charge is 0.444 e. The second-order valence-electron chi connectivity index (χ2n) is 4.56. The molecule has 2 rings (SSSR count). The normalized spacial score (nSPS) is 11.8. The number of carbonyl (C=O) groups is 2. The zero-order valence-electron chi connectivity index (χ0n) is 11.1. The maximum atomic E-state index is 12.2.